The van der Waals surface area contributed by atoms with Crippen LogP contribution >= 0.6 is 11.3 Å². The molecule has 0 fully saturated rings. The molecule has 0 spiro atoms. The van der Waals surface area contributed by atoms with Gasteiger partial charge >= 0.3 is 0 Å². The van der Waals surface area contributed by atoms with Gasteiger partial charge in [-0.05, 0) is 68.1 Å². The largest absolute Gasteiger partial charge is 0.208 e. The molecule has 0 atom stereocenters. The molecule has 0 N–H and O–H groups in total. The van der Waals surface area contributed by atoms with Crippen LogP contribution in [0.5, 0.6) is 0 Å². The Morgan fingerprint density at radius 3 is 1.59 bits per heavy atom. The van der Waals surface area contributed by atoms with Crippen LogP contribution in [0.15, 0.2) is 176 Å². The second-order valence-electron chi connectivity index (χ2n) is 12.8. The number of thiophene rings is 1. The molecule has 3 nitrogen and oxygen atoms in total. The molecule has 8 aromatic carbocycles. The molecule has 4 heteroatoms. The van der Waals surface area contributed by atoms with E-state index in [4.69, 9.17) is 15.0 Å². The van der Waals surface area contributed by atoms with E-state index >= 15 is 0 Å². The van der Waals surface area contributed by atoms with Crippen LogP contribution in [0.1, 0.15) is 0 Å². The van der Waals surface area contributed by atoms with Crippen LogP contribution in [0.25, 0.3) is 98.1 Å². The summed E-state index contributed by atoms with van der Waals surface area (Å²) >= 11 is 1.87. The highest BCUT2D eigenvalue weighted by molar-refractivity contribution is 7.26. The van der Waals surface area contributed by atoms with Gasteiger partial charge in [-0.3, -0.25) is 0 Å². The van der Waals surface area contributed by atoms with E-state index in [9.17, 15) is 0 Å². The van der Waals surface area contributed by atoms with E-state index in [1.807, 2.05) is 35.6 Å². The lowest BCUT2D eigenvalue weighted by atomic mass is 9.93. The minimum atomic E-state index is 0.644. The standard InChI is InChI=1S/C47H29N3S/c1-3-11-30(12-4-1)31-19-21-33(22-20-31)46-48-45(32-13-5-2-6-14-32)49-47(50-46)37-28-34-15-7-8-16-38(34)42(29-37)36-23-25-39-35(27-36)24-26-41-40-17-9-10-18-43(40)51-44(39)41/h1-29H. The molecule has 0 aliphatic rings. The summed E-state index contributed by atoms with van der Waals surface area (Å²) in [7, 11) is 0. The van der Waals surface area contributed by atoms with Gasteiger partial charge < -0.3 is 0 Å². The third-order valence-electron chi connectivity index (χ3n) is 9.71. The summed E-state index contributed by atoms with van der Waals surface area (Å²) in [5, 5.41) is 7.48. The van der Waals surface area contributed by atoms with Crippen molar-refractivity contribution in [3.63, 3.8) is 0 Å². The van der Waals surface area contributed by atoms with Gasteiger partial charge in [0.15, 0.2) is 17.5 Å². The maximum absolute atomic E-state index is 5.13. The SMILES string of the molecule is c1ccc(-c2ccc(-c3nc(-c4ccccc4)nc(-c4cc(-c5ccc6c(ccc7c8ccccc8sc67)c5)c5ccccc5c4)n3)cc2)cc1. The Hall–Kier alpha value is -6.49. The second-order valence-corrected chi connectivity index (χ2v) is 13.9. The summed E-state index contributed by atoms with van der Waals surface area (Å²) in [6, 6.07) is 62.2. The van der Waals surface area contributed by atoms with Gasteiger partial charge in [-0.2, -0.15) is 0 Å². The summed E-state index contributed by atoms with van der Waals surface area (Å²) in [5.74, 6) is 1.94. The topological polar surface area (TPSA) is 38.7 Å². The van der Waals surface area contributed by atoms with E-state index < -0.39 is 0 Å². The first-order chi connectivity index (χ1) is 25.2. The maximum atomic E-state index is 5.13. The van der Waals surface area contributed by atoms with Crippen molar-refractivity contribution >= 4 is 53.1 Å². The molecular weight excluding hydrogens is 639 g/mol. The zero-order chi connectivity index (χ0) is 33.7. The molecule has 2 heterocycles. The lowest BCUT2D eigenvalue weighted by molar-refractivity contribution is 1.07. The molecule has 0 radical (unpaired) electrons. The Labute approximate surface area is 299 Å². The van der Waals surface area contributed by atoms with Gasteiger partial charge in [0.05, 0.1) is 0 Å². The van der Waals surface area contributed by atoms with Crippen LogP contribution in [-0.2, 0) is 0 Å². The number of hydrogen-bond donors (Lipinski definition) is 0. The van der Waals surface area contributed by atoms with Crippen LogP contribution in [0.3, 0.4) is 0 Å². The van der Waals surface area contributed by atoms with Gasteiger partial charge in [0.25, 0.3) is 0 Å². The van der Waals surface area contributed by atoms with E-state index in [-0.39, 0.29) is 0 Å². The highest BCUT2D eigenvalue weighted by Crippen LogP contribution is 2.41. The van der Waals surface area contributed by atoms with Crippen molar-refractivity contribution in [1.82, 2.24) is 15.0 Å². The monoisotopic (exact) mass is 667 g/mol. The minimum Gasteiger partial charge on any atom is -0.208 e. The number of nitrogens with zero attached hydrogens (tertiary/aromatic N) is 3. The van der Waals surface area contributed by atoms with Gasteiger partial charge in [0, 0.05) is 36.9 Å². The lowest BCUT2D eigenvalue weighted by Crippen LogP contribution is -2.00. The van der Waals surface area contributed by atoms with Crippen molar-refractivity contribution in [2.75, 3.05) is 0 Å². The first kappa shape index (κ1) is 29.4. The lowest BCUT2D eigenvalue weighted by Gasteiger charge is -2.13. The Morgan fingerprint density at radius 1 is 0.314 bits per heavy atom. The zero-order valence-electron chi connectivity index (χ0n) is 27.5. The highest BCUT2D eigenvalue weighted by atomic mass is 32.1. The molecule has 0 saturated heterocycles. The smallest absolute Gasteiger partial charge is 0.164 e. The fraction of sp³-hybridized carbons (Fsp3) is 0. The Bertz CT molecular complexity index is 2900. The molecule has 0 amide bonds. The van der Waals surface area contributed by atoms with Crippen LogP contribution in [0.4, 0.5) is 0 Å². The van der Waals surface area contributed by atoms with Crippen LogP contribution in [0, 0.1) is 0 Å². The van der Waals surface area contributed by atoms with Gasteiger partial charge in [0.1, 0.15) is 0 Å². The van der Waals surface area contributed by atoms with Crippen LogP contribution < -0.4 is 0 Å². The first-order valence-corrected chi connectivity index (χ1v) is 17.9. The Balaban J connectivity index is 1.13. The average molecular weight is 668 g/mol. The normalized spacial score (nSPS) is 11.5. The molecule has 51 heavy (non-hydrogen) atoms. The molecule has 0 aliphatic carbocycles. The van der Waals surface area contributed by atoms with Gasteiger partial charge in [-0.1, -0.05) is 152 Å². The van der Waals surface area contributed by atoms with E-state index in [2.05, 4.69) is 152 Å². The van der Waals surface area contributed by atoms with E-state index in [0.29, 0.717) is 17.5 Å². The molecule has 0 saturated carbocycles. The molecular formula is C47H29N3S. The summed E-state index contributed by atoms with van der Waals surface area (Å²) in [6.45, 7) is 0. The summed E-state index contributed by atoms with van der Waals surface area (Å²) in [6.07, 6.45) is 0. The molecule has 2 aromatic heterocycles. The average Bonchev–Trinajstić information content (AvgIpc) is 3.60. The predicted octanol–water partition coefficient (Wildman–Crippen LogP) is 12.9. The van der Waals surface area contributed by atoms with E-state index in [1.165, 1.54) is 41.9 Å². The van der Waals surface area contributed by atoms with Crippen molar-refractivity contribution < 1.29 is 0 Å². The maximum Gasteiger partial charge on any atom is 0.164 e. The van der Waals surface area contributed by atoms with Crippen LogP contribution in [0.2, 0.25) is 0 Å². The van der Waals surface area contributed by atoms with Crippen molar-refractivity contribution in [2.24, 2.45) is 0 Å². The third kappa shape index (κ3) is 5.25. The summed E-state index contributed by atoms with van der Waals surface area (Å²) in [4.78, 5) is 15.2. The molecule has 0 aliphatic heterocycles. The van der Waals surface area contributed by atoms with Crippen molar-refractivity contribution in [3.8, 4) is 56.4 Å². The van der Waals surface area contributed by atoms with Crippen molar-refractivity contribution in [1.29, 1.82) is 0 Å². The van der Waals surface area contributed by atoms with E-state index in [1.54, 1.807) is 0 Å². The highest BCUT2D eigenvalue weighted by Gasteiger charge is 2.16. The van der Waals surface area contributed by atoms with Crippen LogP contribution in [-0.4, -0.2) is 15.0 Å². The van der Waals surface area contributed by atoms with Gasteiger partial charge in [-0.15, -0.1) is 11.3 Å². The minimum absolute atomic E-state index is 0.644. The fourth-order valence-corrected chi connectivity index (χ4v) is 8.39. The first-order valence-electron chi connectivity index (χ1n) is 17.1. The van der Waals surface area contributed by atoms with E-state index in [0.717, 1.165) is 38.8 Å². The molecule has 238 valence electrons. The predicted molar refractivity (Wildman–Crippen MR) is 215 cm³/mol. The van der Waals surface area contributed by atoms with Crippen molar-refractivity contribution in [3.05, 3.63) is 176 Å². The van der Waals surface area contributed by atoms with Gasteiger partial charge in [0.2, 0.25) is 0 Å². The number of hydrogen-bond acceptors (Lipinski definition) is 4. The zero-order valence-corrected chi connectivity index (χ0v) is 28.3. The second kappa shape index (κ2) is 12.1. The Kier molecular flexibility index (Phi) is 7.00. The number of benzene rings is 8. The number of rotatable bonds is 5. The van der Waals surface area contributed by atoms with Crippen molar-refractivity contribution in [2.45, 2.75) is 0 Å². The molecule has 0 bridgehead atoms. The fourth-order valence-electron chi connectivity index (χ4n) is 7.15. The number of aromatic nitrogens is 3. The molecule has 10 rings (SSSR count). The molecule has 10 aromatic rings. The third-order valence-corrected chi connectivity index (χ3v) is 10.9. The summed E-state index contributed by atoms with van der Waals surface area (Å²) < 4.78 is 2.66. The Morgan fingerprint density at radius 2 is 0.824 bits per heavy atom. The quantitative estimate of drug-likeness (QED) is 0.183. The molecule has 0 unspecified atom stereocenters. The number of fused-ring (bicyclic) bond motifs is 6. The summed E-state index contributed by atoms with van der Waals surface area (Å²) in [5.41, 5.74) is 7.48. The van der Waals surface area contributed by atoms with Gasteiger partial charge in [-0.25, -0.2) is 15.0 Å².